The first kappa shape index (κ1) is 22.2. The van der Waals surface area contributed by atoms with Crippen molar-refractivity contribution in [1.29, 1.82) is 0 Å². The molecule has 2 aromatic rings. The Hall–Kier alpha value is -2.01. The van der Waals surface area contributed by atoms with Crippen molar-refractivity contribution in [3.63, 3.8) is 0 Å². The molecule has 1 aliphatic heterocycles. The molecule has 0 aromatic heterocycles. The molecule has 4 nitrogen and oxygen atoms in total. The van der Waals surface area contributed by atoms with Crippen LogP contribution >= 0.6 is 23.2 Å². The number of carbonyl (C=O) groups is 1. The van der Waals surface area contributed by atoms with Crippen molar-refractivity contribution in [2.75, 3.05) is 13.2 Å². The zero-order chi connectivity index (χ0) is 22.2. The largest absolute Gasteiger partial charge is 0.491 e. The third-order valence-corrected chi connectivity index (χ3v) is 7.40. The van der Waals surface area contributed by atoms with E-state index in [4.69, 9.17) is 33.0 Å². The van der Waals surface area contributed by atoms with Gasteiger partial charge < -0.3 is 15.2 Å². The quantitative estimate of drug-likeness (QED) is 0.573. The SMILES string of the molecule is CCC12C=C[C@@H](c3ccc(OCCO)cc3Cl)[C@H](c3ccc(Cl)cc3)[C@@H]1[C@@H](C)NC2=O. The Morgan fingerprint density at radius 1 is 1.16 bits per heavy atom. The summed E-state index contributed by atoms with van der Waals surface area (Å²) in [7, 11) is 0. The number of hydrogen-bond donors (Lipinski definition) is 2. The van der Waals surface area contributed by atoms with Crippen molar-refractivity contribution in [1.82, 2.24) is 5.32 Å². The topological polar surface area (TPSA) is 58.6 Å². The Morgan fingerprint density at radius 2 is 1.90 bits per heavy atom. The van der Waals surface area contributed by atoms with E-state index in [-0.39, 0.29) is 42.9 Å². The molecule has 2 N–H and O–H groups in total. The van der Waals surface area contributed by atoms with E-state index in [2.05, 4.69) is 43.4 Å². The Morgan fingerprint density at radius 3 is 2.55 bits per heavy atom. The summed E-state index contributed by atoms with van der Waals surface area (Å²) in [6.07, 6.45) is 4.98. The summed E-state index contributed by atoms with van der Waals surface area (Å²) in [6, 6.07) is 13.6. The van der Waals surface area contributed by atoms with Crippen LogP contribution in [0.25, 0.3) is 0 Å². The minimum Gasteiger partial charge on any atom is -0.491 e. The number of allylic oxidation sites excluding steroid dienone is 1. The van der Waals surface area contributed by atoms with E-state index in [9.17, 15) is 4.79 Å². The lowest BCUT2D eigenvalue weighted by Crippen LogP contribution is -2.41. The third-order valence-electron chi connectivity index (χ3n) is 6.82. The second-order valence-electron chi connectivity index (χ2n) is 8.40. The monoisotopic (exact) mass is 459 g/mol. The zero-order valence-electron chi connectivity index (χ0n) is 17.6. The van der Waals surface area contributed by atoms with Crippen molar-refractivity contribution in [2.45, 2.75) is 38.1 Å². The van der Waals surface area contributed by atoms with E-state index >= 15 is 0 Å². The van der Waals surface area contributed by atoms with Gasteiger partial charge in [-0.3, -0.25) is 4.79 Å². The van der Waals surface area contributed by atoms with Crippen molar-refractivity contribution >= 4 is 29.1 Å². The molecule has 0 spiro atoms. The van der Waals surface area contributed by atoms with Gasteiger partial charge in [0.15, 0.2) is 0 Å². The van der Waals surface area contributed by atoms with E-state index in [1.807, 2.05) is 24.3 Å². The summed E-state index contributed by atoms with van der Waals surface area (Å²) in [5, 5.41) is 13.5. The van der Waals surface area contributed by atoms with Gasteiger partial charge in [-0.05, 0) is 48.7 Å². The summed E-state index contributed by atoms with van der Waals surface area (Å²) in [6.45, 7) is 4.34. The summed E-state index contributed by atoms with van der Waals surface area (Å²) in [4.78, 5) is 13.0. The summed E-state index contributed by atoms with van der Waals surface area (Å²) in [5.41, 5.74) is 1.60. The second kappa shape index (κ2) is 8.85. The molecular formula is C25H27Cl2NO3. The van der Waals surface area contributed by atoms with Gasteiger partial charge in [-0.1, -0.05) is 60.5 Å². The van der Waals surface area contributed by atoms with Crippen LogP contribution in [0.4, 0.5) is 0 Å². The summed E-state index contributed by atoms with van der Waals surface area (Å²) in [5.74, 6) is 0.862. The Kier molecular flexibility index (Phi) is 6.34. The van der Waals surface area contributed by atoms with Crippen molar-refractivity contribution in [3.05, 3.63) is 75.8 Å². The minimum atomic E-state index is -0.531. The van der Waals surface area contributed by atoms with Gasteiger partial charge in [-0.25, -0.2) is 0 Å². The van der Waals surface area contributed by atoms with Crippen LogP contribution in [-0.4, -0.2) is 30.3 Å². The number of ether oxygens (including phenoxy) is 1. The average molecular weight is 460 g/mol. The molecule has 1 heterocycles. The molecule has 2 aromatic carbocycles. The number of fused-ring (bicyclic) bond motifs is 1. The molecule has 31 heavy (non-hydrogen) atoms. The number of halogens is 2. The van der Waals surface area contributed by atoms with Gasteiger partial charge >= 0.3 is 0 Å². The Bertz CT molecular complexity index is 991. The lowest BCUT2D eigenvalue weighted by molar-refractivity contribution is -0.127. The van der Waals surface area contributed by atoms with Gasteiger partial charge in [0.05, 0.1) is 12.0 Å². The molecule has 1 fully saturated rings. The smallest absolute Gasteiger partial charge is 0.230 e. The van der Waals surface area contributed by atoms with E-state index < -0.39 is 5.41 Å². The predicted octanol–water partition coefficient (Wildman–Crippen LogP) is 5.33. The van der Waals surface area contributed by atoms with Gasteiger partial charge in [0, 0.05) is 33.8 Å². The highest BCUT2D eigenvalue weighted by molar-refractivity contribution is 6.31. The van der Waals surface area contributed by atoms with E-state index in [0.717, 1.165) is 17.5 Å². The van der Waals surface area contributed by atoms with E-state index in [0.29, 0.717) is 15.8 Å². The number of amides is 1. The minimum absolute atomic E-state index is 0.000363. The summed E-state index contributed by atoms with van der Waals surface area (Å²) < 4.78 is 5.52. The number of aliphatic hydroxyl groups excluding tert-OH is 1. The first-order valence-electron chi connectivity index (χ1n) is 10.7. The first-order valence-corrected chi connectivity index (χ1v) is 11.5. The van der Waals surface area contributed by atoms with Crippen molar-refractivity contribution in [3.8, 4) is 5.75 Å². The molecule has 2 aliphatic rings. The molecule has 1 saturated heterocycles. The molecular weight excluding hydrogens is 433 g/mol. The van der Waals surface area contributed by atoms with E-state index in [1.54, 1.807) is 6.07 Å². The number of rotatable bonds is 6. The van der Waals surface area contributed by atoms with Gasteiger partial charge in [0.25, 0.3) is 0 Å². The standard InChI is InChI=1S/C25H27Cl2NO3/c1-3-25-11-10-20(19-9-8-18(14-21(19)27)31-13-12-29)22(16-4-6-17(26)7-5-16)23(25)15(2)28-24(25)30/h4-11,14-15,20,22-23,29H,3,12-13H2,1-2H3,(H,28,30)/t15-,20+,22+,23+,25?/m1/s1. The van der Waals surface area contributed by atoms with Crippen LogP contribution in [-0.2, 0) is 4.79 Å². The van der Waals surface area contributed by atoms with Crippen LogP contribution in [0.15, 0.2) is 54.6 Å². The second-order valence-corrected chi connectivity index (χ2v) is 9.24. The number of nitrogens with one attached hydrogen (secondary N) is 1. The third kappa shape index (κ3) is 3.86. The van der Waals surface area contributed by atoms with Crippen LogP contribution in [0.3, 0.4) is 0 Å². The highest BCUT2D eigenvalue weighted by atomic mass is 35.5. The van der Waals surface area contributed by atoms with Crippen LogP contribution in [0.2, 0.25) is 10.0 Å². The van der Waals surface area contributed by atoms with Crippen LogP contribution < -0.4 is 10.1 Å². The fraction of sp³-hybridized carbons (Fsp3) is 0.400. The van der Waals surface area contributed by atoms with E-state index in [1.165, 1.54) is 0 Å². The molecule has 1 aliphatic carbocycles. The number of hydrogen-bond acceptors (Lipinski definition) is 3. The molecule has 164 valence electrons. The van der Waals surface area contributed by atoms with Gasteiger partial charge in [0.1, 0.15) is 12.4 Å². The van der Waals surface area contributed by atoms with Gasteiger partial charge in [-0.15, -0.1) is 0 Å². The number of carbonyl (C=O) groups excluding carboxylic acids is 1. The Labute approximate surface area is 193 Å². The molecule has 6 heteroatoms. The fourth-order valence-corrected chi connectivity index (χ4v) is 5.83. The zero-order valence-corrected chi connectivity index (χ0v) is 19.2. The molecule has 4 rings (SSSR count). The average Bonchev–Trinajstić information content (AvgIpc) is 3.03. The van der Waals surface area contributed by atoms with Gasteiger partial charge in [-0.2, -0.15) is 0 Å². The highest BCUT2D eigenvalue weighted by Crippen LogP contribution is 2.57. The first-order chi connectivity index (χ1) is 14.9. The lowest BCUT2D eigenvalue weighted by atomic mass is 9.57. The molecule has 1 amide bonds. The maximum atomic E-state index is 13.0. The number of benzene rings is 2. The highest BCUT2D eigenvalue weighted by Gasteiger charge is 2.57. The van der Waals surface area contributed by atoms with Crippen LogP contribution in [0, 0.1) is 11.3 Å². The molecule has 5 atom stereocenters. The normalized spacial score (nSPS) is 29.5. The van der Waals surface area contributed by atoms with Gasteiger partial charge in [0.2, 0.25) is 5.91 Å². The van der Waals surface area contributed by atoms with Crippen molar-refractivity contribution in [2.24, 2.45) is 11.3 Å². The Balaban J connectivity index is 1.83. The summed E-state index contributed by atoms with van der Waals surface area (Å²) >= 11 is 12.9. The molecule has 0 bridgehead atoms. The molecule has 0 saturated carbocycles. The molecule has 1 unspecified atom stereocenters. The maximum Gasteiger partial charge on any atom is 0.230 e. The van der Waals surface area contributed by atoms with Crippen molar-refractivity contribution < 1.29 is 14.6 Å². The number of aliphatic hydroxyl groups is 1. The maximum absolute atomic E-state index is 13.0. The lowest BCUT2D eigenvalue weighted by Gasteiger charge is -2.44. The van der Waals surface area contributed by atoms with Crippen LogP contribution in [0.1, 0.15) is 43.2 Å². The molecule has 0 radical (unpaired) electrons. The fourth-order valence-electron chi connectivity index (χ4n) is 5.41. The predicted molar refractivity (Wildman–Crippen MR) is 124 cm³/mol. The van der Waals surface area contributed by atoms with Crippen LogP contribution in [0.5, 0.6) is 5.75 Å².